The van der Waals surface area contributed by atoms with Crippen molar-refractivity contribution in [1.82, 2.24) is 0 Å². The first kappa shape index (κ1) is 14.6. The van der Waals surface area contributed by atoms with E-state index in [2.05, 4.69) is 24.6 Å². The van der Waals surface area contributed by atoms with E-state index in [4.69, 9.17) is 17.3 Å². The maximum Gasteiger partial charge on any atom is 0.0556 e. The SMILES string of the molecule is CSc1cc(C2(N)CCCCC2)cc(Cl)c1SC. The van der Waals surface area contributed by atoms with Crippen LogP contribution in [0.15, 0.2) is 21.9 Å². The fourth-order valence-corrected chi connectivity index (χ4v) is 4.74. The highest BCUT2D eigenvalue weighted by Crippen LogP contribution is 2.41. The molecule has 0 aliphatic heterocycles. The summed E-state index contributed by atoms with van der Waals surface area (Å²) in [5.41, 5.74) is 7.64. The molecule has 1 nitrogen and oxygen atoms in total. The fraction of sp³-hybridized carbons (Fsp3) is 0.571. The molecular formula is C14H20ClNS2. The molecule has 1 fully saturated rings. The van der Waals surface area contributed by atoms with E-state index in [1.54, 1.807) is 23.5 Å². The van der Waals surface area contributed by atoms with Gasteiger partial charge in [-0.3, -0.25) is 0 Å². The minimum atomic E-state index is -0.163. The van der Waals surface area contributed by atoms with Crippen LogP contribution in [0.4, 0.5) is 0 Å². The van der Waals surface area contributed by atoms with Crippen LogP contribution in [-0.2, 0) is 5.54 Å². The molecule has 0 unspecified atom stereocenters. The molecule has 18 heavy (non-hydrogen) atoms. The summed E-state index contributed by atoms with van der Waals surface area (Å²) in [6.45, 7) is 0. The molecule has 1 aromatic carbocycles. The van der Waals surface area contributed by atoms with E-state index in [9.17, 15) is 0 Å². The second kappa shape index (κ2) is 6.08. The van der Waals surface area contributed by atoms with Crippen molar-refractivity contribution in [2.24, 2.45) is 5.73 Å². The summed E-state index contributed by atoms with van der Waals surface area (Å²) < 4.78 is 0. The van der Waals surface area contributed by atoms with Gasteiger partial charge in [-0.05, 0) is 43.0 Å². The standard InChI is InChI=1S/C14H20ClNS2/c1-17-12-9-10(8-11(15)13(12)18-2)14(16)6-4-3-5-7-14/h8-9H,3-7,16H2,1-2H3. The Hall–Kier alpha value is 0.170. The van der Waals surface area contributed by atoms with Crippen LogP contribution < -0.4 is 5.73 Å². The van der Waals surface area contributed by atoms with Crippen LogP contribution in [0.3, 0.4) is 0 Å². The molecule has 4 heteroatoms. The number of rotatable bonds is 3. The smallest absolute Gasteiger partial charge is 0.0556 e. The highest BCUT2D eigenvalue weighted by molar-refractivity contribution is 8.01. The normalized spacial score (nSPS) is 18.9. The summed E-state index contributed by atoms with van der Waals surface area (Å²) >= 11 is 9.86. The predicted molar refractivity (Wildman–Crippen MR) is 84.0 cm³/mol. The van der Waals surface area contributed by atoms with Crippen molar-refractivity contribution in [2.45, 2.75) is 47.4 Å². The summed E-state index contributed by atoms with van der Waals surface area (Å²) in [6.07, 6.45) is 10.1. The van der Waals surface area contributed by atoms with Crippen LogP contribution in [-0.4, -0.2) is 12.5 Å². The molecule has 2 N–H and O–H groups in total. The van der Waals surface area contributed by atoms with Crippen molar-refractivity contribution in [2.75, 3.05) is 12.5 Å². The molecule has 1 aromatic rings. The van der Waals surface area contributed by atoms with Crippen LogP contribution in [0, 0.1) is 0 Å². The molecule has 1 saturated carbocycles. The molecular weight excluding hydrogens is 282 g/mol. The van der Waals surface area contributed by atoms with Crippen LogP contribution in [0.2, 0.25) is 5.02 Å². The summed E-state index contributed by atoms with van der Waals surface area (Å²) in [6, 6.07) is 4.33. The fourth-order valence-electron chi connectivity index (χ4n) is 2.68. The Balaban J connectivity index is 2.42. The molecule has 0 atom stereocenters. The monoisotopic (exact) mass is 301 g/mol. The molecule has 1 aliphatic rings. The lowest BCUT2D eigenvalue weighted by atomic mass is 9.77. The van der Waals surface area contributed by atoms with Crippen molar-refractivity contribution >= 4 is 35.1 Å². The van der Waals surface area contributed by atoms with Crippen molar-refractivity contribution in [3.05, 3.63) is 22.7 Å². The van der Waals surface area contributed by atoms with Gasteiger partial charge in [-0.2, -0.15) is 0 Å². The summed E-state index contributed by atoms with van der Waals surface area (Å²) in [5.74, 6) is 0. The van der Waals surface area contributed by atoms with Crippen LogP contribution in [0.5, 0.6) is 0 Å². The summed E-state index contributed by atoms with van der Waals surface area (Å²) in [7, 11) is 0. The lowest BCUT2D eigenvalue weighted by molar-refractivity contribution is 0.302. The Labute approximate surface area is 123 Å². The number of thioether (sulfide) groups is 2. The minimum absolute atomic E-state index is 0.163. The van der Waals surface area contributed by atoms with Crippen LogP contribution in [0.1, 0.15) is 37.7 Å². The zero-order chi connectivity index (χ0) is 13.2. The van der Waals surface area contributed by atoms with Gasteiger partial charge < -0.3 is 5.73 Å². The number of benzene rings is 1. The third-order valence-electron chi connectivity index (χ3n) is 3.75. The minimum Gasteiger partial charge on any atom is -0.321 e. The second-order valence-electron chi connectivity index (χ2n) is 4.91. The quantitative estimate of drug-likeness (QED) is 0.804. The van der Waals surface area contributed by atoms with Crippen molar-refractivity contribution in [1.29, 1.82) is 0 Å². The lowest BCUT2D eigenvalue weighted by Crippen LogP contribution is -2.38. The Morgan fingerprint density at radius 1 is 1.11 bits per heavy atom. The summed E-state index contributed by atoms with van der Waals surface area (Å²) in [4.78, 5) is 2.42. The Bertz CT molecular complexity index is 428. The number of hydrogen-bond acceptors (Lipinski definition) is 3. The first-order valence-electron chi connectivity index (χ1n) is 6.31. The van der Waals surface area contributed by atoms with Gasteiger partial charge in [-0.25, -0.2) is 0 Å². The third kappa shape index (κ3) is 2.84. The van der Waals surface area contributed by atoms with Gasteiger partial charge in [0.2, 0.25) is 0 Å². The van der Waals surface area contributed by atoms with E-state index in [0.29, 0.717) is 0 Å². The van der Waals surface area contributed by atoms with Crippen LogP contribution >= 0.6 is 35.1 Å². The number of hydrogen-bond donors (Lipinski definition) is 1. The Morgan fingerprint density at radius 3 is 2.33 bits per heavy atom. The average molecular weight is 302 g/mol. The first-order valence-corrected chi connectivity index (χ1v) is 9.14. The van der Waals surface area contributed by atoms with Gasteiger partial charge in [-0.15, -0.1) is 23.5 Å². The molecule has 0 radical (unpaired) electrons. The van der Waals surface area contributed by atoms with E-state index >= 15 is 0 Å². The van der Waals surface area contributed by atoms with E-state index in [1.165, 1.54) is 34.6 Å². The molecule has 0 heterocycles. The maximum absolute atomic E-state index is 6.59. The van der Waals surface area contributed by atoms with Gasteiger partial charge in [-0.1, -0.05) is 30.9 Å². The van der Waals surface area contributed by atoms with E-state index in [-0.39, 0.29) is 5.54 Å². The van der Waals surface area contributed by atoms with Gasteiger partial charge >= 0.3 is 0 Å². The third-order valence-corrected chi connectivity index (χ3v) is 5.90. The molecule has 0 aromatic heterocycles. The second-order valence-corrected chi connectivity index (χ2v) is 6.98. The van der Waals surface area contributed by atoms with Crippen molar-refractivity contribution in [3.63, 3.8) is 0 Å². The lowest BCUT2D eigenvalue weighted by Gasteiger charge is -2.34. The highest BCUT2D eigenvalue weighted by Gasteiger charge is 2.30. The average Bonchev–Trinajstić information content (AvgIpc) is 2.38. The van der Waals surface area contributed by atoms with Crippen LogP contribution in [0.25, 0.3) is 0 Å². The first-order chi connectivity index (χ1) is 8.60. The molecule has 1 aliphatic carbocycles. The zero-order valence-corrected chi connectivity index (χ0v) is 13.4. The van der Waals surface area contributed by atoms with E-state index < -0.39 is 0 Å². The molecule has 0 bridgehead atoms. The number of nitrogens with two attached hydrogens (primary N) is 1. The molecule has 100 valence electrons. The topological polar surface area (TPSA) is 26.0 Å². The van der Waals surface area contributed by atoms with E-state index in [0.717, 1.165) is 17.9 Å². The molecule has 0 saturated heterocycles. The summed E-state index contributed by atoms with van der Waals surface area (Å²) in [5, 5.41) is 0.847. The molecule has 0 spiro atoms. The Kier molecular flexibility index (Phi) is 4.92. The zero-order valence-electron chi connectivity index (χ0n) is 11.0. The maximum atomic E-state index is 6.59. The van der Waals surface area contributed by atoms with Crippen molar-refractivity contribution < 1.29 is 0 Å². The predicted octanol–water partition coefficient (Wildman–Crippen LogP) is 4.90. The molecule has 0 amide bonds. The largest absolute Gasteiger partial charge is 0.321 e. The van der Waals surface area contributed by atoms with E-state index in [1.807, 2.05) is 0 Å². The van der Waals surface area contributed by atoms with Gasteiger partial charge in [0, 0.05) is 15.3 Å². The highest BCUT2D eigenvalue weighted by atomic mass is 35.5. The number of halogens is 1. The van der Waals surface area contributed by atoms with Gasteiger partial charge in [0.15, 0.2) is 0 Å². The van der Waals surface area contributed by atoms with Gasteiger partial charge in [0.1, 0.15) is 0 Å². The van der Waals surface area contributed by atoms with Gasteiger partial charge in [0.05, 0.1) is 5.02 Å². The Morgan fingerprint density at radius 2 is 1.78 bits per heavy atom. The van der Waals surface area contributed by atoms with Gasteiger partial charge in [0.25, 0.3) is 0 Å². The van der Waals surface area contributed by atoms with Crippen molar-refractivity contribution in [3.8, 4) is 0 Å². The molecule has 2 rings (SSSR count).